The fourth-order valence-corrected chi connectivity index (χ4v) is 2.87. The minimum Gasteiger partial charge on any atom is -0.480 e. The van der Waals surface area contributed by atoms with Gasteiger partial charge in [0, 0.05) is 23.3 Å². The Morgan fingerprint density at radius 1 is 1.50 bits per heavy atom. The van der Waals surface area contributed by atoms with Crippen molar-refractivity contribution in [2.75, 3.05) is 11.4 Å². The molecule has 0 saturated carbocycles. The van der Waals surface area contributed by atoms with Crippen LogP contribution in [0.1, 0.15) is 18.5 Å². The van der Waals surface area contributed by atoms with Crippen molar-refractivity contribution >= 4 is 22.6 Å². The van der Waals surface area contributed by atoms with Gasteiger partial charge >= 0.3 is 5.97 Å². The van der Waals surface area contributed by atoms with E-state index < -0.39 is 12.0 Å². The summed E-state index contributed by atoms with van der Waals surface area (Å²) >= 11 is 0. The number of hydrogen-bond acceptors (Lipinski definition) is 3. The average Bonchev–Trinajstić information content (AvgIpc) is 2.88. The van der Waals surface area contributed by atoms with Crippen LogP contribution in [0.3, 0.4) is 0 Å². The predicted octanol–water partition coefficient (Wildman–Crippen LogP) is 2.74. The van der Waals surface area contributed by atoms with Crippen LogP contribution in [0.2, 0.25) is 0 Å². The number of aryl methyl sites for hydroxylation is 1. The highest BCUT2D eigenvalue weighted by Crippen LogP contribution is 2.33. The Kier molecular flexibility index (Phi) is 3.04. The lowest BCUT2D eigenvalue weighted by Crippen LogP contribution is -2.36. The topological polar surface area (TPSA) is 53.4 Å². The number of benzene rings is 1. The summed E-state index contributed by atoms with van der Waals surface area (Å²) in [4.78, 5) is 17.4. The molecule has 5 heteroatoms. The fourth-order valence-electron chi connectivity index (χ4n) is 2.87. The van der Waals surface area contributed by atoms with Crippen LogP contribution in [0.4, 0.5) is 10.1 Å². The van der Waals surface area contributed by atoms with Crippen molar-refractivity contribution in [2.24, 2.45) is 0 Å². The summed E-state index contributed by atoms with van der Waals surface area (Å²) in [5.74, 6) is -1.21. The summed E-state index contributed by atoms with van der Waals surface area (Å²) < 4.78 is 13.9. The number of carboxylic acids is 1. The molecule has 3 rings (SSSR count). The van der Waals surface area contributed by atoms with Gasteiger partial charge in [0.25, 0.3) is 0 Å². The first-order chi connectivity index (χ1) is 9.58. The Hall–Kier alpha value is -2.17. The Morgan fingerprint density at radius 3 is 3.05 bits per heavy atom. The molecule has 0 radical (unpaired) electrons. The van der Waals surface area contributed by atoms with Gasteiger partial charge in [0.05, 0.1) is 0 Å². The van der Waals surface area contributed by atoms with Crippen LogP contribution in [-0.4, -0.2) is 28.6 Å². The van der Waals surface area contributed by atoms with Gasteiger partial charge in [-0.2, -0.15) is 0 Å². The summed E-state index contributed by atoms with van der Waals surface area (Å²) in [6.45, 7) is 2.47. The average molecular weight is 274 g/mol. The number of aliphatic carboxylic acids is 1. The summed E-state index contributed by atoms with van der Waals surface area (Å²) in [6, 6.07) is 6.09. The lowest BCUT2D eigenvalue weighted by molar-refractivity contribution is -0.138. The maximum absolute atomic E-state index is 13.9. The minimum atomic E-state index is -0.832. The molecule has 104 valence electrons. The molecule has 2 heterocycles. The minimum absolute atomic E-state index is 0.304. The Bertz CT molecular complexity index is 687. The maximum atomic E-state index is 13.9. The van der Waals surface area contributed by atoms with E-state index in [1.807, 2.05) is 11.0 Å². The Balaban J connectivity index is 2.20. The summed E-state index contributed by atoms with van der Waals surface area (Å²) in [5.41, 5.74) is 1.75. The zero-order valence-corrected chi connectivity index (χ0v) is 11.1. The molecule has 1 N–H and O–H groups in total. The molecule has 4 nitrogen and oxygen atoms in total. The van der Waals surface area contributed by atoms with Gasteiger partial charge in [-0.25, -0.2) is 14.2 Å². The van der Waals surface area contributed by atoms with Crippen molar-refractivity contribution in [3.8, 4) is 0 Å². The number of nitrogens with zero attached hydrogens (tertiary/aromatic N) is 2. The van der Waals surface area contributed by atoms with Crippen molar-refractivity contribution in [2.45, 2.75) is 25.8 Å². The van der Waals surface area contributed by atoms with E-state index in [-0.39, 0.29) is 5.82 Å². The van der Waals surface area contributed by atoms with Crippen molar-refractivity contribution in [1.29, 1.82) is 0 Å². The van der Waals surface area contributed by atoms with E-state index in [9.17, 15) is 14.3 Å². The van der Waals surface area contributed by atoms with Gasteiger partial charge in [0.2, 0.25) is 0 Å². The maximum Gasteiger partial charge on any atom is 0.326 e. The molecule has 1 aliphatic rings. The normalized spacial score (nSPS) is 18.7. The van der Waals surface area contributed by atoms with Crippen LogP contribution in [0.25, 0.3) is 10.9 Å². The first kappa shape index (κ1) is 12.8. The monoisotopic (exact) mass is 274 g/mol. The molecule has 0 spiro atoms. The highest BCUT2D eigenvalue weighted by atomic mass is 19.1. The highest BCUT2D eigenvalue weighted by molar-refractivity contribution is 5.94. The number of fused-ring (bicyclic) bond motifs is 1. The van der Waals surface area contributed by atoms with Crippen LogP contribution in [0, 0.1) is 12.7 Å². The fraction of sp³-hybridized carbons (Fsp3) is 0.333. The molecule has 0 amide bonds. The van der Waals surface area contributed by atoms with E-state index in [4.69, 9.17) is 0 Å². The lowest BCUT2D eigenvalue weighted by Gasteiger charge is -2.25. The molecular formula is C15H15FN2O2. The van der Waals surface area contributed by atoms with Crippen LogP contribution in [0.15, 0.2) is 24.3 Å². The van der Waals surface area contributed by atoms with Crippen molar-refractivity contribution in [1.82, 2.24) is 4.98 Å². The quantitative estimate of drug-likeness (QED) is 0.915. The number of hydrogen-bond donors (Lipinski definition) is 1. The predicted molar refractivity (Wildman–Crippen MR) is 74.4 cm³/mol. The number of pyridine rings is 1. The molecule has 1 saturated heterocycles. The van der Waals surface area contributed by atoms with E-state index in [0.29, 0.717) is 29.6 Å². The molecule has 0 unspecified atom stereocenters. The van der Waals surface area contributed by atoms with E-state index in [2.05, 4.69) is 4.98 Å². The SMILES string of the molecule is Cc1cc(N2CCC[C@@H]2C(=O)O)c2cccc(F)c2n1. The van der Waals surface area contributed by atoms with Gasteiger partial charge < -0.3 is 10.0 Å². The number of para-hydroxylation sites is 1. The number of aromatic nitrogens is 1. The van der Waals surface area contributed by atoms with Crippen LogP contribution >= 0.6 is 0 Å². The van der Waals surface area contributed by atoms with Gasteiger partial charge in [-0.3, -0.25) is 0 Å². The van der Waals surface area contributed by atoms with Gasteiger partial charge in [0.15, 0.2) is 0 Å². The smallest absolute Gasteiger partial charge is 0.326 e. The Morgan fingerprint density at radius 2 is 2.30 bits per heavy atom. The first-order valence-corrected chi connectivity index (χ1v) is 6.63. The zero-order chi connectivity index (χ0) is 14.3. The third-order valence-corrected chi connectivity index (χ3v) is 3.74. The molecule has 20 heavy (non-hydrogen) atoms. The van der Waals surface area contributed by atoms with E-state index in [1.165, 1.54) is 6.07 Å². The summed E-state index contributed by atoms with van der Waals surface area (Å²) in [7, 11) is 0. The Labute approximate surface area is 115 Å². The van der Waals surface area contributed by atoms with Crippen LogP contribution in [0.5, 0.6) is 0 Å². The lowest BCUT2D eigenvalue weighted by atomic mass is 10.1. The van der Waals surface area contributed by atoms with Gasteiger partial charge in [0.1, 0.15) is 17.4 Å². The number of halogens is 1. The largest absolute Gasteiger partial charge is 0.480 e. The van der Waals surface area contributed by atoms with Crippen LogP contribution in [-0.2, 0) is 4.79 Å². The standard InChI is InChI=1S/C15H15FN2O2/c1-9-8-13(18-7-3-6-12(18)15(19)20)10-4-2-5-11(16)14(10)17-9/h2,4-5,8,12H,3,6-7H2,1H3,(H,19,20)/t12-/m1/s1. The van der Waals surface area contributed by atoms with Crippen molar-refractivity contribution in [3.63, 3.8) is 0 Å². The summed E-state index contributed by atoms with van der Waals surface area (Å²) in [6.07, 6.45) is 1.45. The number of carboxylic acid groups (broad SMARTS) is 1. The molecule has 1 aromatic heterocycles. The second kappa shape index (κ2) is 4.74. The van der Waals surface area contributed by atoms with Gasteiger partial charge in [-0.15, -0.1) is 0 Å². The molecule has 2 aromatic rings. The van der Waals surface area contributed by atoms with Gasteiger partial charge in [-0.1, -0.05) is 12.1 Å². The molecule has 1 fully saturated rings. The molecule has 1 aliphatic heterocycles. The van der Waals surface area contributed by atoms with E-state index in [0.717, 1.165) is 12.1 Å². The van der Waals surface area contributed by atoms with Crippen LogP contribution < -0.4 is 4.90 Å². The summed E-state index contributed by atoms with van der Waals surface area (Å²) in [5, 5.41) is 9.98. The zero-order valence-electron chi connectivity index (χ0n) is 11.1. The molecule has 1 aromatic carbocycles. The highest BCUT2D eigenvalue weighted by Gasteiger charge is 2.31. The van der Waals surface area contributed by atoms with E-state index >= 15 is 0 Å². The number of anilines is 1. The molecule has 0 bridgehead atoms. The second-order valence-corrected chi connectivity index (χ2v) is 5.11. The molecule has 1 atom stereocenters. The second-order valence-electron chi connectivity index (χ2n) is 5.11. The molecular weight excluding hydrogens is 259 g/mol. The van der Waals surface area contributed by atoms with E-state index in [1.54, 1.807) is 19.1 Å². The third-order valence-electron chi connectivity index (χ3n) is 3.74. The third kappa shape index (κ3) is 1.99. The number of rotatable bonds is 2. The number of carbonyl (C=O) groups is 1. The van der Waals surface area contributed by atoms with Gasteiger partial charge in [-0.05, 0) is 31.9 Å². The first-order valence-electron chi connectivity index (χ1n) is 6.63. The van der Waals surface area contributed by atoms with Crippen molar-refractivity contribution < 1.29 is 14.3 Å². The van der Waals surface area contributed by atoms with Crippen molar-refractivity contribution in [3.05, 3.63) is 35.8 Å². The molecule has 0 aliphatic carbocycles.